The standard InChI is InChI=1S/C19H22F2N2O3S/c1-13(2)15-6-4-5-7-18(15)22-19(24)10-11-23(27(3,25)26)14-8-9-16(20)17(21)12-14/h4-9,12-13H,10-11H2,1-3H3,(H,22,24). The summed E-state index contributed by atoms with van der Waals surface area (Å²) in [6.45, 7) is 3.80. The van der Waals surface area contributed by atoms with Crippen LogP contribution in [0.25, 0.3) is 0 Å². The number of anilines is 2. The fourth-order valence-electron chi connectivity index (χ4n) is 2.66. The number of nitrogens with zero attached hydrogens (tertiary/aromatic N) is 1. The van der Waals surface area contributed by atoms with Crippen molar-refractivity contribution in [1.82, 2.24) is 0 Å². The zero-order valence-electron chi connectivity index (χ0n) is 15.4. The van der Waals surface area contributed by atoms with Crippen LogP contribution in [0.15, 0.2) is 42.5 Å². The van der Waals surface area contributed by atoms with Gasteiger partial charge in [-0.25, -0.2) is 17.2 Å². The van der Waals surface area contributed by atoms with Gasteiger partial charge in [0.05, 0.1) is 11.9 Å². The molecule has 0 bridgehead atoms. The lowest BCUT2D eigenvalue weighted by molar-refractivity contribution is -0.116. The first kappa shape index (κ1) is 20.8. The molecule has 2 aromatic carbocycles. The maximum Gasteiger partial charge on any atom is 0.232 e. The molecule has 146 valence electrons. The summed E-state index contributed by atoms with van der Waals surface area (Å²) in [5.41, 5.74) is 1.59. The van der Waals surface area contributed by atoms with Crippen LogP contribution in [0.4, 0.5) is 20.2 Å². The van der Waals surface area contributed by atoms with Crippen LogP contribution in [0.2, 0.25) is 0 Å². The minimum Gasteiger partial charge on any atom is -0.326 e. The molecule has 2 rings (SSSR count). The first-order valence-electron chi connectivity index (χ1n) is 8.41. The van der Waals surface area contributed by atoms with Gasteiger partial charge in [-0.1, -0.05) is 32.0 Å². The molecule has 0 aliphatic rings. The second-order valence-corrected chi connectivity index (χ2v) is 8.38. The number of hydrogen-bond acceptors (Lipinski definition) is 3. The second kappa shape index (κ2) is 8.47. The first-order valence-corrected chi connectivity index (χ1v) is 10.3. The van der Waals surface area contributed by atoms with E-state index in [-0.39, 0.29) is 30.5 Å². The van der Waals surface area contributed by atoms with E-state index in [0.717, 1.165) is 34.3 Å². The van der Waals surface area contributed by atoms with Crippen LogP contribution in [-0.2, 0) is 14.8 Å². The number of sulfonamides is 1. The number of rotatable bonds is 7. The van der Waals surface area contributed by atoms with Crippen molar-refractivity contribution in [2.24, 2.45) is 0 Å². The molecular formula is C19H22F2N2O3S. The number of hydrogen-bond donors (Lipinski definition) is 1. The van der Waals surface area contributed by atoms with Crippen molar-refractivity contribution in [2.75, 3.05) is 22.4 Å². The molecule has 1 N–H and O–H groups in total. The Bertz CT molecular complexity index is 930. The van der Waals surface area contributed by atoms with E-state index in [4.69, 9.17) is 0 Å². The molecule has 0 aromatic heterocycles. The maximum absolute atomic E-state index is 13.5. The Labute approximate surface area is 158 Å². The summed E-state index contributed by atoms with van der Waals surface area (Å²) in [5, 5.41) is 2.78. The fraction of sp³-hybridized carbons (Fsp3) is 0.316. The second-order valence-electron chi connectivity index (χ2n) is 6.47. The Morgan fingerprint density at radius 1 is 1.11 bits per heavy atom. The van der Waals surface area contributed by atoms with Gasteiger partial charge in [0.15, 0.2) is 11.6 Å². The normalized spacial score (nSPS) is 11.5. The van der Waals surface area contributed by atoms with Crippen molar-refractivity contribution in [3.8, 4) is 0 Å². The van der Waals surface area contributed by atoms with Gasteiger partial charge in [0, 0.05) is 24.7 Å². The summed E-state index contributed by atoms with van der Waals surface area (Å²) in [6, 6.07) is 10.2. The van der Waals surface area contributed by atoms with E-state index in [1.54, 1.807) is 12.1 Å². The number of para-hydroxylation sites is 1. The Balaban J connectivity index is 2.14. The predicted molar refractivity (Wildman–Crippen MR) is 102 cm³/mol. The van der Waals surface area contributed by atoms with E-state index >= 15 is 0 Å². The molecule has 0 aliphatic carbocycles. The van der Waals surface area contributed by atoms with Crippen molar-refractivity contribution < 1.29 is 22.0 Å². The van der Waals surface area contributed by atoms with E-state index in [2.05, 4.69) is 5.32 Å². The van der Waals surface area contributed by atoms with Gasteiger partial charge < -0.3 is 5.32 Å². The van der Waals surface area contributed by atoms with Crippen LogP contribution in [0.1, 0.15) is 31.7 Å². The van der Waals surface area contributed by atoms with Gasteiger partial charge in [-0.05, 0) is 29.7 Å². The van der Waals surface area contributed by atoms with E-state index in [0.29, 0.717) is 5.69 Å². The summed E-state index contributed by atoms with van der Waals surface area (Å²) in [4.78, 5) is 12.3. The van der Waals surface area contributed by atoms with Crippen LogP contribution in [0.5, 0.6) is 0 Å². The van der Waals surface area contributed by atoms with Crippen LogP contribution in [0.3, 0.4) is 0 Å². The molecule has 8 heteroatoms. The van der Waals surface area contributed by atoms with Crippen LogP contribution >= 0.6 is 0 Å². The first-order chi connectivity index (χ1) is 12.6. The van der Waals surface area contributed by atoms with E-state index in [1.807, 2.05) is 26.0 Å². The number of benzene rings is 2. The average molecular weight is 396 g/mol. The average Bonchev–Trinajstić information content (AvgIpc) is 2.57. The van der Waals surface area contributed by atoms with Crippen molar-refractivity contribution in [3.05, 3.63) is 59.7 Å². The van der Waals surface area contributed by atoms with Gasteiger partial charge in [-0.15, -0.1) is 0 Å². The highest BCUT2D eigenvalue weighted by atomic mass is 32.2. The molecule has 1 amide bonds. The zero-order chi connectivity index (χ0) is 20.2. The Kier molecular flexibility index (Phi) is 6.54. The molecule has 0 saturated heterocycles. The molecule has 0 heterocycles. The minimum absolute atomic E-state index is 0.0354. The fourth-order valence-corrected chi connectivity index (χ4v) is 3.58. The number of nitrogens with one attached hydrogen (secondary N) is 1. The largest absolute Gasteiger partial charge is 0.326 e. The zero-order valence-corrected chi connectivity index (χ0v) is 16.2. The number of carbonyl (C=O) groups excluding carboxylic acids is 1. The van der Waals surface area contributed by atoms with E-state index in [1.165, 1.54) is 0 Å². The van der Waals surface area contributed by atoms with Crippen LogP contribution < -0.4 is 9.62 Å². The van der Waals surface area contributed by atoms with Crippen LogP contribution in [0, 0.1) is 11.6 Å². The van der Waals surface area contributed by atoms with Crippen LogP contribution in [-0.4, -0.2) is 27.1 Å². The number of amides is 1. The molecule has 0 aliphatic heterocycles. The van der Waals surface area contributed by atoms with Crippen molar-refractivity contribution in [1.29, 1.82) is 0 Å². The highest BCUT2D eigenvalue weighted by Crippen LogP contribution is 2.24. The number of halogens is 2. The molecule has 0 radical (unpaired) electrons. The van der Waals surface area contributed by atoms with E-state index < -0.39 is 21.7 Å². The Morgan fingerprint density at radius 2 is 1.78 bits per heavy atom. The third-order valence-electron chi connectivity index (χ3n) is 3.99. The molecule has 0 saturated carbocycles. The molecule has 0 fully saturated rings. The maximum atomic E-state index is 13.5. The van der Waals surface area contributed by atoms with Gasteiger partial charge >= 0.3 is 0 Å². The molecule has 5 nitrogen and oxygen atoms in total. The quantitative estimate of drug-likeness (QED) is 0.772. The SMILES string of the molecule is CC(C)c1ccccc1NC(=O)CCN(c1ccc(F)c(F)c1)S(C)(=O)=O. The number of carbonyl (C=O) groups is 1. The molecule has 0 unspecified atom stereocenters. The minimum atomic E-state index is -3.77. The summed E-state index contributed by atoms with van der Waals surface area (Å²) >= 11 is 0. The van der Waals surface area contributed by atoms with Gasteiger partial charge in [0.2, 0.25) is 15.9 Å². The molecule has 2 aromatic rings. The monoisotopic (exact) mass is 396 g/mol. The summed E-state index contributed by atoms with van der Waals surface area (Å²) in [6.07, 6.45) is 0.804. The Hall–Kier alpha value is -2.48. The van der Waals surface area contributed by atoms with Gasteiger partial charge in [-0.2, -0.15) is 0 Å². The Morgan fingerprint density at radius 3 is 2.37 bits per heavy atom. The van der Waals surface area contributed by atoms with Gasteiger partial charge in [0.1, 0.15) is 0 Å². The van der Waals surface area contributed by atoms with E-state index in [9.17, 15) is 22.0 Å². The topological polar surface area (TPSA) is 66.5 Å². The molecule has 0 atom stereocenters. The third-order valence-corrected chi connectivity index (χ3v) is 5.18. The van der Waals surface area contributed by atoms with Gasteiger partial charge in [-0.3, -0.25) is 9.10 Å². The van der Waals surface area contributed by atoms with Crippen molar-refractivity contribution in [2.45, 2.75) is 26.2 Å². The molecule has 0 spiro atoms. The highest BCUT2D eigenvalue weighted by molar-refractivity contribution is 7.92. The van der Waals surface area contributed by atoms with Gasteiger partial charge in [0.25, 0.3) is 0 Å². The highest BCUT2D eigenvalue weighted by Gasteiger charge is 2.20. The summed E-state index contributed by atoms with van der Waals surface area (Å²) in [5.74, 6) is -2.40. The lowest BCUT2D eigenvalue weighted by Crippen LogP contribution is -2.33. The van der Waals surface area contributed by atoms with Crippen molar-refractivity contribution >= 4 is 27.3 Å². The predicted octanol–water partition coefficient (Wildman–Crippen LogP) is 3.88. The lowest BCUT2D eigenvalue weighted by Gasteiger charge is -2.22. The summed E-state index contributed by atoms with van der Waals surface area (Å²) in [7, 11) is -3.77. The third kappa shape index (κ3) is 5.50. The lowest BCUT2D eigenvalue weighted by atomic mass is 10.0. The van der Waals surface area contributed by atoms with Crippen molar-refractivity contribution in [3.63, 3.8) is 0 Å². The molecular weight excluding hydrogens is 374 g/mol. The molecule has 27 heavy (non-hydrogen) atoms. The smallest absolute Gasteiger partial charge is 0.232 e. The summed E-state index contributed by atoms with van der Waals surface area (Å²) < 4.78 is 51.5.